The van der Waals surface area contributed by atoms with E-state index in [9.17, 15) is 5.11 Å². The third kappa shape index (κ3) is 3.15. The van der Waals surface area contributed by atoms with Crippen LogP contribution in [0.15, 0.2) is 18.2 Å². The molecule has 1 aromatic carbocycles. The summed E-state index contributed by atoms with van der Waals surface area (Å²) in [6.45, 7) is 5.11. The number of rotatable bonds is 3. The molecule has 0 spiro atoms. The zero-order valence-corrected chi connectivity index (χ0v) is 11.1. The summed E-state index contributed by atoms with van der Waals surface area (Å²) in [7, 11) is 1.57. The predicted octanol–water partition coefficient (Wildman–Crippen LogP) is 1.57. The Morgan fingerprint density at radius 3 is 2.89 bits per heavy atom. The fourth-order valence-corrected chi connectivity index (χ4v) is 2.72. The van der Waals surface area contributed by atoms with Gasteiger partial charge in [0.1, 0.15) is 0 Å². The zero-order chi connectivity index (χ0) is 13.1. The molecule has 2 rings (SSSR count). The second-order valence-corrected chi connectivity index (χ2v) is 5.30. The quantitative estimate of drug-likeness (QED) is 0.855. The van der Waals surface area contributed by atoms with Crippen LogP contribution in [0.1, 0.15) is 18.9 Å². The van der Waals surface area contributed by atoms with E-state index in [4.69, 9.17) is 10.5 Å². The van der Waals surface area contributed by atoms with Crippen LogP contribution in [0.25, 0.3) is 0 Å². The number of nitrogens with two attached hydrogens (primary N) is 1. The predicted molar refractivity (Wildman–Crippen MR) is 71.7 cm³/mol. The van der Waals surface area contributed by atoms with Crippen LogP contribution < -0.4 is 10.5 Å². The zero-order valence-electron chi connectivity index (χ0n) is 11.1. The summed E-state index contributed by atoms with van der Waals surface area (Å²) in [4.78, 5) is 2.37. The van der Waals surface area contributed by atoms with E-state index in [1.54, 1.807) is 13.2 Å². The Kier molecular flexibility index (Phi) is 4.09. The molecule has 1 aromatic rings. The number of hydrogen-bond donors (Lipinski definition) is 2. The van der Waals surface area contributed by atoms with Crippen molar-refractivity contribution in [3.05, 3.63) is 23.8 Å². The van der Waals surface area contributed by atoms with E-state index in [0.717, 1.165) is 31.6 Å². The van der Waals surface area contributed by atoms with Gasteiger partial charge in [-0.15, -0.1) is 0 Å². The molecule has 0 bridgehead atoms. The molecule has 1 heterocycles. The van der Waals surface area contributed by atoms with Crippen LogP contribution in [0.2, 0.25) is 0 Å². The Hall–Kier alpha value is -1.26. The number of nitrogens with zero attached hydrogens (tertiary/aromatic N) is 1. The molecule has 4 heteroatoms. The van der Waals surface area contributed by atoms with E-state index in [1.165, 1.54) is 0 Å². The third-order valence-corrected chi connectivity index (χ3v) is 3.42. The number of phenolic OH excluding ortho intramolecular Hbond substituents is 1. The fraction of sp³-hybridized carbons (Fsp3) is 0.571. The van der Waals surface area contributed by atoms with Crippen LogP contribution in [0.5, 0.6) is 11.5 Å². The molecule has 1 fully saturated rings. The van der Waals surface area contributed by atoms with Crippen LogP contribution in [0, 0.1) is 5.92 Å². The van der Waals surface area contributed by atoms with Crippen molar-refractivity contribution in [3.63, 3.8) is 0 Å². The van der Waals surface area contributed by atoms with Crippen molar-refractivity contribution in [3.8, 4) is 11.5 Å². The Morgan fingerprint density at radius 2 is 2.22 bits per heavy atom. The lowest BCUT2D eigenvalue weighted by Gasteiger charge is -2.34. The number of aromatic hydroxyl groups is 1. The van der Waals surface area contributed by atoms with Gasteiger partial charge in [-0.1, -0.05) is 13.0 Å². The number of methoxy groups -OCH3 is 1. The maximum Gasteiger partial charge on any atom is 0.160 e. The first-order valence-corrected chi connectivity index (χ1v) is 6.42. The summed E-state index contributed by atoms with van der Waals surface area (Å²) in [5.41, 5.74) is 7.19. The second-order valence-electron chi connectivity index (χ2n) is 5.30. The number of piperidine rings is 1. The van der Waals surface area contributed by atoms with Gasteiger partial charge in [0.2, 0.25) is 0 Å². The van der Waals surface area contributed by atoms with Gasteiger partial charge < -0.3 is 15.6 Å². The molecule has 1 aliphatic heterocycles. The Labute approximate surface area is 108 Å². The van der Waals surface area contributed by atoms with Crippen LogP contribution in [-0.2, 0) is 6.54 Å². The van der Waals surface area contributed by atoms with Gasteiger partial charge in [-0.25, -0.2) is 0 Å². The molecule has 0 aromatic heterocycles. The van der Waals surface area contributed by atoms with Gasteiger partial charge in [-0.3, -0.25) is 4.90 Å². The van der Waals surface area contributed by atoms with Gasteiger partial charge in [0, 0.05) is 25.7 Å². The number of benzene rings is 1. The minimum Gasteiger partial charge on any atom is -0.504 e. The summed E-state index contributed by atoms with van der Waals surface area (Å²) < 4.78 is 5.12. The van der Waals surface area contributed by atoms with Gasteiger partial charge >= 0.3 is 0 Å². The van der Waals surface area contributed by atoms with E-state index in [0.29, 0.717) is 11.7 Å². The maximum atomic E-state index is 9.57. The average Bonchev–Trinajstić information content (AvgIpc) is 2.30. The number of ether oxygens (including phenoxy) is 1. The smallest absolute Gasteiger partial charge is 0.160 e. The maximum absolute atomic E-state index is 9.57. The molecule has 3 N–H and O–H groups in total. The third-order valence-electron chi connectivity index (χ3n) is 3.42. The topological polar surface area (TPSA) is 58.7 Å². The van der Waals surface area contributed by atoms with Gasteiger partial charge in [0.05, 0.1) is 7.11 Å². The first-order valence-electron chi connectivity index (χ1n) is 6.42. The molecule has 1 saturated heterocycles. The van der Waals surface area contributed by atoms with Gasteiger partial charge in [0.25, 0.3) is 0 Å². The van der Waals surface area contributed by atoms with E-state index in [1.807, 2.05) is 12.1 Å². The molecule has 0 radical (unpaired) electrons. The minimum absolute atomic E-state index is 0.185. The molecule has 1 aliphatic rings. The summed E-state index contributed by atoms with van der Waals surface area (Å²) in [6.07, 6.45) is 1.11. The van der Waals surface area contributed by atoms with Crippen molar-refractivity contribution < 1.29 is 9.84 Å². The molecule has 2 atom stereocenters. The number of phenols is 1. The molecule has 0 aliphatic carbocycles. The SMILES string of the molecule is COc1cc(CN2CC(C)CC(N)C2)ccc1O. The summed E-state index contributed by atoms with van der Waals surface area (Å²) in [5.74, 6) is 1.36. The monoisotopic (exact) mass is 250 g/mol. The van der Waals surface area contributed by atoms with Crippen molar-refractivity contribution in [2.24, 2.45) is 11.7 Å². The Balaban J connectivity index is 2.04. The van der Waals surface area contributed by atoms with Crippen molar-refractivity contribution in [2.45, 2.75) is 25.9 Å². The standard InChI is InChI=1S/C14H22N2O2/c1-10-5-12(15)9-16(7-10)8-11-3-4-13(17)14(6-11)18-2/h3-4,6,10,12,17H,5,7-9,15H2,1-2H3. The van der Waals surface area contributed by atoms with Gasteiger partial charge in [0.15, 0.2) is 11.5 Å². The van der Waals surface area contributed by atoms with Crippen LogP contribution in [0.3, 0.4) is 0 Å². The van der Waals surface area contributed by atoms with E-state index >= 15 is 0 Å². The highest BCUT2D eigenvalue weighted by Gasteiger charge is 2.22. The van der Waals surface area contributed by atoms with Crippen molar-refractivity contribution in [1.82, 2.24) is 4.90 Å². The molecular formula is C14H22N2O2. The molecule has 2 unspecified atom stereocenters. The van der Waals surface area contributed by atoms with E-state index < -0.39 is 0 Å². The Bertz CT molecular complexity index is 399. The molecular weight excluding hydrogens is 228 g/mol. The average molecular weight is 250 g/mol. The van der Waals surface area contributed by atoms with Crippen molar-refractivity contribution in [1.29, 1.82) is 0 Å². The lowest BCUT2D eigenvalue weighted by Crippen LogP contribution is -2.45. The highest BCUT2D eigenvalue weighted by Crippen LogP contribution is 2.27. The summed E-state index contributed by atoms with van der Waals surface area (Å²) in [5, 5.41) is 9.57. The molecule has 4 nitrogen and oxygen atoms in total. The lowest BCUT2D eigenvalue weighted by molar-refractivity contribution is 0.158. The van der Waals surface area contributed by atoms with Gasteiger partial charge in [-0.05, 0) is 30.0 Å². The second kappa shape index (κ2) is 5.59. The first-order chi connectivity index (χ1) is 8.58. The van der Waals surface area contributed by atoms with E-state index in [-0.39, 0.29) is 11.8 Å². The van der Waals surface area contributed by atoms with Gasteiger partial charge in [-0.2, -0.15) is 0 Å². The van der Waals surface area contributed by atoms with Crippen LogP contribution >= 0.6 is 0 Å². The molecule has 0 saturated carbocycles. The molecule has 18 heavy (non-hydrogen) atoms. The largest absolute Gasteiger partial charge is 0.504 e. The fourth-order valence-electron chi connectivity index (χ4n) is 2.72. The van der Waals surface area contributed by atoms with Crippen molar-refractivity contribution >= 4 is 0 Å². The lowest BCUT2D eigenvalue weighted by atomic mass is 9.96. The number of likely N-dealkylation sites (tertiary alicyclic amines) is 1. The summed E-state index contributed by atoms with van der Waals surface area (Å²) >= 11 is 0. The highest BCUT2D eigenvalue weighted by atomic mass is 16.5. The van der Waals surface area contributed by atoms with Crippen LogP contribution in [-0.4, -0.2) is 36.2 Å². The highest BCUT2D eigenvalue weighted by molar-refractivity contribution is 5.41. The molecule has 0 amide bonds. The number of hydrogen-bond acceptors (Lipinski definition) is 4. The summed E-state index contributed by atoms with van der Waals surface area (Å²) in [6, 6.07) is 5.78. The normalized spacial score (nSPS) is 25.1. The molecule has 100 valence electrons. The minimum atomic E-state index is 0.185. The van der Waals surface area contributed by atoms with Crippen LogP contribution in [0.4, 0.5) is 0 Å². The first kappa shape index (κ1) is 13.2. The Morgan fingerprint density at radius 1 is 1.44 bits per heavy atom. The van der Waals surface area contributed by atoms with Crippen molar-refractivity contribution in [2.75, 3.05) is 20.2 Å². The van der Waals surface area contributed by atoms with E-state index in [2.05, 4.69) is 11.8 Å².